The zero-order valence-electron chi connectivity index (χ0n) is 16.3. The molecule has 0 spiro atoms. The normalized spacial score (nSPS) is 11.4. The van der Waals surface area contributed by atoms with Crippen molar-refractivity contribution in [3.8, 4) is 28.5 Å². The Morgan fingerprint density at radius 3 is 2.43 bits per heavy atom. The van der Waals surface area contributed by atoms with Crippen molar-refractivity contribution in [2.45, 2.75) is 19.4 Å². The minimum absolute atomic E-state index is 0.394. The molecule has 0 bridgehead atoms. The van der Waals surface area contributed by atoms with Crippen molar-refractivity contribution in [1.82, 2.24) is 5.16 Å². The van der Waals surface area contributed by atoms with Crippen molar-refractivity contribution in [1.29, 1.82) is 0 Å². The molecule has 6 nitrogen and oxygen atoms in total. The molecule has 0 aliphatic rings. The van der Waals surface area contributed by atoms with E-state index in [-0.39, 0.29) is 0 Å². The van der Waals surface area contributed by atoms with Crippen molar-refractivity contribution in [3.05, 3.63) is 71.8 Å². The molecular formula is C23H18ClNO5. The molecule has 1 heterocycles. The number of carbonyl (C=O) groups is 1. The fraction of sp³-hybridized carbons (Fsp3) is 0.130. The zero-order valence-corrected chi connectivity index (χ0v) is 17.0. The number of aliphatic carboxylic acids is 1. The Morgan fingerprint density at radius 2 is 1.70 bits per heavy atom. The number of hydrogen-bond acceptors (Lipinski definition) is 5. The van der Waals surface area contributed by atoms with Crippen molar-refractivity contribution >= 4 is 28.5 Å². The highest BCUT2D eigenvalue weighted by atomic mass is 35.5. The Bertz CT molecular complexity index is 1210. The number of ether oxygens (including phenoxy) is 2. The van der Waals surface area contributed by atoms with Gasteiger partial charge in [0.1, 0.15) is 22.9 Å². The molecule has 0 saturated heterocycles. The van der Waals surface area contributed by atoms with Crippen LogP contribution in [0.5, 0.6) is 17.2 Å². The van der Waals surface area contributed by atoms with Crippen molar-refractivity contribution in [3.63, 3.8) is 0 Å². The molecule has 0 aliphatic carbocycles. The molecule has 30 heavy (non-hydrogen) atoms. The number of benzene rings is 3. The van der Waals surface area contributed by atoms with Gasteiger partial charge in [0.25, 0.3) is 0 Å². The highest BCUT2D eigenvalue weighted by Gasteiger charge is 2.29. The molecule has 3 aromatic carbocycles. The molecule has 4 aromatic rings. The number of rotatable bonds is 6. The summed E-state index contributed by atoms with van der Waals surface area (Å²) in [6.45, 7) is 2.97. The third-order valence-electron chi connectivity index (χ3n) is 4.49. The van der Waals surface area contributed by atoms with E-state index in [1.54, 1.807) is 42.5 Å². The first-order valence-corrected chi connectivity index (χ1v) is 9.55. The zero-order chi connectivity index (χ0) is 21.3. The van der Waals surface area contributed by atoms with E-state index in [9.17, 15) is 9.90 Å². The topological polar surface area (TPSA) is 81.8 Å². The summed E-state index contributed by atoms with van der Waals surface area (Å²) in [5.41, 5.74) is 0.851. The first kappa shape index (κ1) is 19.8. The second kappa shape index (κ2) is 7.72. The van der Waals surface area contributed by atoms with E-state index in [4.69, 9.17) is 25.6 Å². The van der Waals surface area contributed by atoms with E-state index in [0.29, 0.717) is 27.9 Å². The summed E-state index contributed by atoms with van der Waals surface area (Å²) in [5.74, 6) is 0.396. The van der Waals surface area contributed by atoms with E-state index in [0.717, 1.165) is 16.6 Å². The van der Waals surface area contributed by atoms with Crippen molar-refractivity contribution < 1.29 is 23.9 Å². The smallest absolute Gasteiger partial charge is 0.347 e. The van der Waals surface area contributed by atoms with Gasteiger partial charge in [-0.15, -0.1) is 0 Å². The monoisotopic (exact) mass is 423 g/mol. The van der Waals surface area contributed by atoms with E-state index in [1.165, 1.54) is 13.8 Å². The first-order valence-electron chi connectivity index (χ1n) is 9.17. The Hall–Kier alpha value is -3.51. The fourth-order valence-electron chi connectivity index (χ4n) is 2.87. The first-order chi connectivity index (χ1) is 14.3. The minimum atomic E-state index is -1.35. The van der Waals surface area contributed by atoms with Crippen LogP contribution >= 0.6 is 11.6 Å². The van der Waals surface area contributed by atoms with Gasteiger partial charge in [-0.3, -0.25) is 0 Å². The molecular weight excluding hydrogens is 406 g/mol. The van der Waals surface area contributed by atoms with Gasteiger partial charge in [0, 0.05) is 28.1 Å². The highest BCUT2D eigenvalue weighted by molar-refractivity contribution is 6.30. The number of carboxylic acid groups (broad SMARTS) is 1. The van der Waals surface area contributed by atoms with Crippen LogP contribution in [0.2, 0.25) is 5.02 Å². The second-order valence-electron chi connectivity index (χ2n) is 7.19. The van der Waals surface area contributed by atoms with Gasteiger partial charge in [-0.25, -0.2) is 4.79 Å². The minimum Gasteiger partial charge on any atom is -0.478 e. The Morgan fingerprint density at radius 1 is 1.00 bits per heavy atom. The number of nitrogens with zero attached hydrogens (tertiary/aromatic N) is 1. The summed E-state index contributed by atoms with van der Waals surface area (Å²) < 4.78 is 16.9. The van der Waals surface area contributed by atoms with Crippen LogP contribution in [0.3, 0.4) is 0 Å². The van der Waals surface area contributed by atoms with E-state index < -0.39 is 11.6 Å². The lowest BCUT2D eigenvalue weighted by Gasteiger charge is -2.21. The van der Waals surface area contributed by atoms with Gasteiger partial charge in [-0.2, -0.15) is 0 Å². The van der Waals surface area contributed by atoms with Crippen LogP contribution in [0, 0.1) is 0 Å². The lowest BCUT2D eigenvalue weighted by Crippen LogP contribution is -2.37. The van der Waals surface area contributed by atoms with Crippen LogP contribution in [0.25, 0.3) is 22.2 Å². The van der Waals surface area contributed by atoms with Gasteiger partial charge in [-0.05, 0) is 50.2 Å². The third kappa shape index (κ3) is 4.09. The summed E-state index contributed by atoms with van der Waals surface area (Å²) in [4.78, 5) is 11.3. The maximum Gasteiger partial charge on any atom is 0.347 e. The summed E-state index contributed by atoms with van der Waals surface area (Å²) in [6, 6.07) is 19.6. The average molecular weight is 424 g/mol. The summed E-state index contributed by atoms with van der Waals surface area (Å²) >= 11 is 5.95. The molecule has 7 heteroatoms. The van der Waals surface area contributed by atoms with Gasteiger partial charge < -0.3 is 19.1 Å². The lowest BCUT2D eigenvalue weighted by atomic mass is 10.1. The molecule has 0 aliphatic heterocycles. The number of hydrogen-bond donors (Lipinski definition) is 1. The molecule has 0 radical (unpaired) electrons. The highest BCUT2D eigenvalue weighted by Crippen LogP contribution is 2.33. The molecule has 0 saturated carbocycles. The number of fused-ring (bicyclic) bond motifs is 1. The largest absolute Gasteiger partial charge is 0.478 e. The van der Waals surface area contributed by atoms with Gasteiger partial charge in [0.05, 0.1) is 0 Å². The van der Waals surface area contributed by atoms with E-state index in [1.807, 2.05) is 24.3 Å². The summed E-state index contributed by atoms with van der Waals surface area (Å²) in [7, 11) is 0. The SMILES string of the molecule is CC(C)(Oc1cccc(Oc2ccc3c(-c4ccc(Cl)cc4)noc3c2)c1)C(=O)O. The second-order valence-corrected chi connectivity index (χ2v) is 7.63. The molecule has 152 valence electrons. The summed E-state index contributed by atoms with van der Waals surface area (Å²) in [6.07, 6.45) is 0. The van der Waals surface area contributed by atoms with Crippen LogP contribution in [0.1, 0.15) is 13.8 Å². The van der Waals surface area contributed by atoms with E-state index in [2.05, 4.69) is 5.16 Å². The maximum absolute atomic E-state index is 11.3. The quantitative estimate of drug-likeness (QED) is 0.398. The van der Waals surface area contributed by atoms with Gasteiger partial charge in [0.2, 0.25) is 0 Å². The van der Waals surface area contributed by atoms with Crippen molar-refractivity contribution in [2.24, 2.45) is 0 Å². The van der Waals surface area contributed by atoms with Gasteiger partial charge in [-0.1, -0.05) is 35.0 Å². The van der Waals surface area contributed by atoms with Crippen LogP contribution in [0.4, 0.5) is 0 Å². The molecule has 0 amide bonds. The number of aromatic nitrogens is 1. The Labute approximate surface area is 177 Å². The Kier molecular flexibility index (Phi) is 5.10. The fourth-order valence-corrected chi connectivity index (χ4v) is 3.00. The number of carboxylic acids is 1. The number of halogens is 1. The predicted octanol–water partition coefficient (Wildman–Crippen LogP) is 6.18. The molecule has 1 N–H and O–H groups in total. The van der Waals surface area contributed by atoms with Gasteiger partial charge >= 0.3 is 5.97 Å². The van der Waals surface area contributed by atoms with Crippen molar-refractivity contribution in [2.75, 3.05) is 0 Å². The molecule has 4 rings (SSSR count). The Balaban J connectivity index is 1.57. The average Bonchev–Trinajstić information content (AvgIpc) is 3.11. The molecule has 1 aromatic heterocycles. The molecule has 0 atom stereocenters. The van der Waals surface area contributed by atoms with Gasteiger partial charge in [0.15, 0.2) is 11.2 Å². The maximum atomic E-state index is 11.3. The predicted molar refractivity (Wildman–Crippen MR) is 113 cm³/mol. The standard InChI is InChI=1S/C23H18ClNO5/c1-23(2,22(26)27)29-18-5-3-4-16(12-18)28-17-10-11-19-20(13-17)30-25-21(19)14-6-8-15(24)9-7-14/h3-13H,1-2H3,(H,26,27). The van der Waals surface area contributed by atoms with Crippen LogP contribution in [0.15, 0.2) is 71.3 Å². The third-order valence-corrected chi connectivity index (χ3v) is 4.74. The molecule has 0 unspecified atom stereocenters. The van der Waals surface area contributed by atoms with E-state index >= 15 is 0 Å². The summed E-state index contributed by atoms with van der Waals surface area (Å²) in [5, 5.41) is 14.9. The van der Waals surface area contributed by atoms with Crippen LogP contribution < -0.4 is 9.47 Å². The van der Waals surface area contributed by atoms with Crippen LogP contribution in [-0.4, -0.2) is 21.8 Å². The molecule has 0 fully saturated rings. The lowest BCUT2D eigenvalue weighted by molar-refractivity contribution is -0.152. The van der Waals surface area contributed by atoms with Crippen LogP contribution in [-0.2, 0) is 4.79 Å².